The molecule has 2 heterocycles. The van der Waals surface area contributed by atoms with Gasteiger partial charge in [0, 0.05) is 0 Å². The van der Waals surface area contributed by atoms with E-state index >= 15 is 0 Å². The minimum atomic E-state index is -1.30. The second-order valence-electron chi connectivity index (χ2n) is 8.20. The van der Waals surface area contributed by atoms with E-state index in [-0.39, 0.29) is 23.8 Å². The van der Waals surface area contributed by atoms with Crippen molar-refractivity contribution in [1.29, 1.82) is 0 Å². The Morgan fingerprint density at radius 3 is 2.70 bits per heavy atom. The number of nitrogens with zero attached hydrogens (tertiary/aromatic N) is 2. The Hall–Kier alpha value is -2.74. The molecule has 30 heavy (non-hydrogen) atoms. The summed E-state index contributed by atoms with van der Waals surface area (Å²) >= 11 is 0. The van der Waals surface area contributed by atoms with Crippen LogP contribution >= 0.6 is 0 Å². The first-order valence-corrected chi connectivity index (χ1v) is 9.89. The molecule has 0 amide bonds. The molecule has 2 aromatic rings. The monoisotopic (exact) mass is 410 g/mol. The van der Waals surface area contributed by atoms with Gasteiger partial charge in [-0.05, 0) is 44.7 Å². The number of fused-ring (bicyclic) bond motifs is 1. The second-order valence-corrected chi connectivity index (χ2v) is 8.20. The molecule has 7 nitrogen and oxygen atoms in total. The number of carbonyl (C=O) groups is 1. The van der Waals surface area contributed by atoms with E-state index < -0.39 is 17.5 Å². The highest BCUT2D eigenvalue weighted by Crippen LogP contribution is 2.43. The quantitative estimate of drug-likeness (QED) is 0.647. The Morgan fingerprint density at radius 1 is 1.20 bits per heavy atom. The Morgan fingerprint density at radius 2 is 1.97 bits per heavy atom. The van der Waals surface area contributed by atoms with Gasteiger partial charge in [0.15, 0.2) is 17.1 Å². The van der Waals surface area contributed by atoms with E-state index in [1.165, 1.54) is 0 Å². The fraction of sp³-hybridized carbons (Fsp3) is 0.391. The van der Waals surface area contributed by atoms with Crippen LogP contribution in [0.3, 0.4) is 0 Å². The molecule has 1 aromatic heterocycles. The van der Waals surface area contributed by atoms with Gasteiger partial charge in [-0.25, -0.2) is 0 Å². The van der Waals surface area contributed by atoms with E-state index in [2.05, 4.69) is 5.16 Å². The van der Waals surface area contributed by atoms with E-state index in [0.29, 0.717) is 12.3 Å². The number of ether oxygens (including phenoxy) is 3. The molecular weight excluding hydrogens is 384 g/mol. The molecule has 0 radical (unpaired) electrons. The van der Waals surface area contributed by atoms with Gasteiger partial charge in [-0.15, -0.1) is 0 Å². The molecule has 2 atom stereocenters. The van der Waals surface area contributed by atoms with E-state index in [1.54, 1.807) is 26.0 Å². The minimum absolute atomic E-state index is 0.157. The van der Waals surface area contributed by atoms with Gasteiger partial charge in [0.25, 0.3) is 5.88 Å². The molecule has 1 saturated heterocycles. The number of benzene rings is 1. The van der Waals surface area contributed by atoms with E-state index in [0.717, 1.165) is 5.56 Å². The fourth-order valence-electron chi connectivity index (χ4n) is 3.75. The van der Waals surface area contributed by atoms with Crippen molar-refractivity contribution < 1.29 is 23.5 Å². The first-order valence-electron chi connectivity index (χ1n) is 9.89. The number of hydrogen-bond donors (Lipinski definition) is 0. The predicted octanol–water partition coefficient (Wildman–Crippen LogP) is 3.51. The van der Waals surface area contributed by atoms with Gasteiger partial charge in [-0.2, -0.15) is 0 Å². The van der Waals surface area contributed by atoms with Crippen LogP contribution in [-0.4, -0.2) is 47.4 Å². The van der Waals surface area contributed by atoms with Crippen LogP contribution in [0.2, 0.25) is 0 Å². The molecule has 1 aliphatic heterocycles. The van der Waals surface area contributed by atoms with Crippen LogP contribution in [0.15, 0.2) is 59.2 Å². The largest absolute Gasteiger partial charge is 0.470 e. The van der Waals surface area contributed by atoms with Gasteiger partial charge in [-0.1, -0.05) is 48.6 Å². The van der Waals surface area contributed by atoms with Crippen molar-refractivity contribution >= 4 is 5.78 Å². The summed E-state index contributed by atoms with van der Waals surface area (Å²) in [7, 11) is 3.79. The highest BCUT2D eigenvalue weighted by Gasteiger charge is 2.57. The molecule has 2 aliphatic rings. The number of aromatic nitrogens is 1. The molecule has 1 aromatic carbocycles. The highest BCUT2D eigenvalue weighted by atomic mass is 16.8. The van der Waals surface area contributed by atoms with Crippen molar-refractivity contribution in [2.24, 2.45) is 0 Å². The summed E-state index contributed by atoms with van der Waals surface area (Å²) in [5, 5.41) is 4.06. The summed E-state index contributed by atoms with van der Waals surface area (Å²) in [6.07, 6.45) is 6.66. The molecule has 4 rings (SSSR count). The summed E-state index contributed by atoms with van der Waals surface area (Å²) in [5.74, 6) is -0.620. The third kappa shape index (κ3) is 3.84. The molecule has 0 unspecified atom stereocenters. The van der Waals surface area contributed by atoms with Gasteiger partial charge >= 0.3 is 0 Å². The van der Waals surface area contributed by atoms with Gasteiger partial charge < -0.3 is 23.6 Å². The summed E-state index contributed by atoms with van der Waals surface area (Å²) in [6, 6.07) is 9.69. The molecule has 1 fully saturated rings. The molecule has 0 bridgehead atoms. The molecular formula is C23H26N2O5. The predicted molar refractivity (Wildman–Crippen MR) is 110 cm³/mol. The smallest absolute Gasteiger partial charge is 0.265 e. The highest BCUT2D eigenvalue weighted by molar-refractivity contribution is 6.07. The Labute approximate surface area is 175 Å². The van der Waals surface area contributed by atoms with Crippen molar-refractivity contribution in [3.63, 3.8) is 0 Å². The van der Waals surface area contributed by atoms with Gasteiger partial charge in [0.05, 0.1) is 6.54 Å². The van der Waals surface area contributed by atoms with Gasteiger partial charge in [0.2, 0.25) is 5.78 Å². The topological polar surface area (TPSA) is 74.0 Å². The van der Waals surface area contributed by atoms with Crippen LogP contribution in [-0.2, 0) is 22.6 Å². The van der Waals surface area contributed by atoms with E-state index in [4.69, 9.17) is 18.7 Å². The number of hydrogen-bond acceptors (Lipinski definition) is 7. The van der Waals surface area contributed by atoms with Crippen LogP contribution in [0.5, 0.6) is 5.88 Å². The number of ketones is 1. The van der Waals surface area contributed by atoms with E-state index in [1.807, 2.05) is 61.5 Å². The molecule has 158 valence electrons. The Kier molecular flexibility index (Phi) is 5.36. The first kappa shape index (κ1) is 20.5. The lowest BCUT2D eigenvalue weighted by Gasteiger charge is -2.28. The van der Waals surface area contributed by atoms with Crippen LogP contribution in [0.25, 0.3) is 0 Å². The zero-order valence-corrected chi connectivity index (χ0v) is 17.6. The second kappa shape index (κ2) is 7.83. The average molecular weight is 410 g/mol. The number of allylic oxidation sites excluding steroid dienone is 2. The molecule has 0 N–H and O–H groups in total. The average Bonchev–Trinajstić information content (AvgIpc) is 3.22. The van der Waals surface area contributed by atoms with Gasteiger partial charge in [0.1, 0.15) is 18.3 Å². The molecule has 7 heteroatoms. The van der Waals surface area contributed by atoms with Crippen molar-refractivity contribution in [3.8, 4) is 5.88 Å². The zero-order valence-electron chi connectivity index (χ0n) is 17.6. The summed E-state index contributed by atoms with van der Waals surface area (Å²) in [6.45, 7) is 4.25. The van der Waals surface area contributed by atoms with Crippen molar-refractivity contribution in [3.05, 3.63) is 71.5 Å². The maximum atomic E-state index is 13.9. The zero-order chi connectivity index (χ0) is 21.4. The van der Waals surface area contributed by atoms with Crippen LogP contribution < -0.4 is 4.74 Å². The number of Topliss-reactive ketones (excluding diaryl/α,β-unsaturated/α-hetero) is 1. The third-order valence-corrected chi connectivity index (χ3v) is 4.98. The van der Waals surface area contributed by atoms with Crippen LogP contribution in [0.1, 0.15) is 35.5 Å². The maximum Gasteiger partial charge on any atom is 0.265 e. The molecule has 1 aliphatic carbocycles. The summed E-state index contributed by atoms with van der Waals surface area (Å²) in [4.78, 5) is 15.8. The van der Waals surface area contributed by atoms with Crippen LogP contribution in [0, 0.1) is 0 Å². The lowest BCUT2D eigenvalue weighted by Crippen LogP contribution is -2.47. The minimum Gasteiger partial charge on any atom is -0.470 e. The summed E-state index contributed by atoms with van der Waals surface area (Å²) in [5.41, 5.74) is -0.0486. The number of carbonyl (C=O) groups excluding carboxylic acids is 1. The number of rotatable bonds is 7. The third-order valence-electron chi connectivity index (χ3n) is 4.98. The lowest BCUT2D eigenvalue weighted by molar-refractivity contribution is -0.147. The van der Waals surface area contributed by atoms with Crippen molar-refractivity contribution in [2.45, 2.75) is 44.5 Å². The Bertz CT molecular complexity index is 977. The van der Waals surface area contributed by atoms with E-state index in [9.17, 15) is 4.79 Å². The maximum absolute atomic E-state index is 13.9. The normalized spacial score (nSPS) is 24.2. The standard InChI is InChI=1S/C23H26N2O5/c1-22(2)28-18-12-8-9-13-23(18,30-22)20(26)19-17(14-25(3)4)29-24-21(19)27-15-16-10-6-5-7-11-16/h5-13,18H,14-15H2,1-4H3/t18-,23+/m1/s1. The van der Waals surface area contributed by atoms with Crippen molar-refractivity contribution in [2.75, 3.05) is 14.1 Å². The first-order chi connectivity index (χ1) is 14.3. The van der Waals surface area contributed by atoms with Crippen LogP contribution in [0.4, 0.5) is 0 Å². The van der Waals surface area contributed by atoms with Gasteiger partial charge in [-0.3, -0.25) is 4.79 Å². The molecule has 0 spiro atoms. The lowest BCUT2D eigenvalue weighted by atomic mass is 9.84. The fourth-order valence-corrected chi connectivity index (χ4v) is 3.75. The van der Waals surface area contributed by atoms with Crippen molar-refractivity contribution in [1.82, 2.24) is 10.1 Å². The SMILES string of the molecule is CN(C)Cc1onc(OCc2ccccc2)c1C(=O)[C@]12C=CC=C[C@H]1OC(C)(C)O2. The Balaban J connectivity index is 1.70. The molecule has 0 saturated carbocycles. The summed E-state index contributed by atoms with van der Waals surface area (Å²) < 4.78 is 23.6.